The Kier molecular flexibility index (Phi) is 8.42. The van der Waals surface area contributed by atoms with Gasteiger partial charge in [0, 0.05) is 41.5 Å². The van der Waals surface area contributed by atoms with Crippen molar-refractivity contribution < 1.29 is 13.5 Å². The van der Waals surface area contributed by atoms with E-state index < -0.39 is 17.8 Å². The number of fused-ring (bicyclic) bond motifs is 1. The quantitative estimate of drug-likeness (QED) is 0.280. The van der Waals surface area contributed by atoms with Crippen molar-refractivity contribution in [3.8, 4) is 17.6 Å². The van der Waals surface area contributed by atoms with Crippen molar-refractivity contribution >= 4 is 23.5 Å². The van der Waals surface area contributed by atoms with Crippen LogP contribution >= 0.6 is 23.5 Å². The van der Waals surface area contributed by atoms with Gasteiger partial charge in [0.15, 0.2) is 5.83 Å². The zero-order valence-corrected chi connectivity index (χ0v) is 18.9. The maximum atomic E-state index is 14.9. The molecule has 1 atom stereocenters. The molecule has 0 saturated carbocycles. The minimum atomic E-state index is -0.857. The number of allylic oxidation sites excluding steroid dienone is 7. The summed E-state index contributed by atoms with van der Waals surface area (Å²) >= 11 is 7.26. The van der Waals surface area contributed by atoms with Crippen LogP contribution in [-0.2, 0) is 6.42 Å². The van der Waals surface area contributed by atoms with E-state index in [0.717, 1.165) is 41.8 Å². The lowest BCUT2D eigenvalue weighted by atomic mass is 10.1. The Morgan fingerprint density at radius 2 is 2.25 bits per heavy atom. The Labute approximate surface area is 195 Å². The van der Waals surface area contributed by atoms with Gasteiger partial charge in [0.2, 0.25) is 0 Å². The van der Waals surface area contributed by atoms with Crippen molar-refractivity contribution in [3.63, 3.8) is 0 Å². The van der Waals surface area contributed by atoms with Crippen LogP contribution in [0, 0.1) is 11.8 Å². The molecule has 1 aromatic rings. The third-order valence-corrected chi connectivity index (χ3v) is 5.56. The first-order valence-electron chi connectivity index (χ1n) is 9.83. The maximum Gasteiger partial charge on any atom is 0.158 e. The third-order valence-electron chi connectivity index (χ3n) is 4.59. The highest BCUT2D eigenvalue weighted by atomic mass is 35.5. The van der Waals surface area contributed by atoms with E-state index in [-0.39, 0.29) is 12.1 Å². The van der Waals surface area contributed by atoms with Gasteiger partial charge in [-0.1, -0.05) is 29.5 Å². The second-order valence-electron chi connectivity index (χ2n) is 6.84. The molecule has 0 spiro atoms. The highest BCUT2D eigenvalue weighted by Gasteiger charge is 2.18. The number of dihydropyridines is 1. The number of benzene rings is 1. The van der Waals surface area contributed by atoms with Gasteiger partial charge in [-0.25, -0.2) is 8.78 Å². The third kappa shape index (κ3) is 5.96. The maximum absolute atomic E-state index is 14.9. The van der Waals surface area contributed by atoms with Crippen molar-refractivity contribution in [3.05, 3.63) is 81.7 Å². The molecule has 0 bridgehead atoms. The Balaban J connectivity index is 1.80. The lowest BCUT2D eigenvalue weighted by molar-refractivity contribution is 0.349. The van der Waals surface area contributed by atoms with Crippen LogP contribution in [0.25, 0.3) is 0 Å². The van der Waals surface area contributed by atoms with Gasteiger partial charge < -0.3 is 26.2 Å². The number of rotatable bonds is 6. The van der Waals surface area contributed by atoms with Crippen LogP contribution in [0.3, 0.4) is 0 Å². The zero-order chi connectivity index (χ0) is 23.1. The van der Waals surface area contributed by atoms with Gasteiger partial charge in [-0.3, -0.25) is 0 Å². The van der Waals surface area contributed by atoms with E-state index in [1.807, 2.05) is 6.07 Å². The number of halogens is 3. The Morgan fingerprint density at radius 1 is 1.44 bits per heavy atom. The SMILES string of the molecule is C\C=C/C(F)=C(C#CC1=CNC(N)C(CN)=C1)\C(F)=C\NSc1cc(Cl)cc2c1OCC2. The smallest absolute Gasteiger partial charge is 0.158 e. The van der Waals surface area contributed by atoms with Crippen LogP contribution in [-0.4, -0.2) is 19.3 Å². The molecular weight excluding hydrogens is 454 g/mol. The van der Waals surface area contributed by atoms with E-state index in [4.69, 9.17) is 27.8 Å². The number of hydrogen-bond acceptors (Lipinski definition) is 6. The molecule has 5 nitrogen and oxygen atoms in total. The van der Waals surface area contributed by atoms with Gasteiger partial charge in [0.05, 0.1) is 23.2 Å². The van der Waals surface area contributed by atoms with Crippen LogP contribution in [0.1, 0.15) is 12.5 Å². The normalized spacial score (nSPS) is 18.6. The summed E-state index contributed by atoms with van der Waals surface area (Å²) in [5.74, 6) is 4.38. The Hall–Kier alpha value is -2.70. The summed E-state index contributed by atoms with van der Waals surface area (Å²) < 4.78 is 37.8. The van der Waals surface area contributed by atoms with E-state index in [2.05, 4.69) is 21.9 Å². The van der Waals surface area contributed by atoms with E-state index >= 15 is 0 Å². The first-order valence-corrected chi connectivity index (χ1v) is 11.0. The van der Waals surface area contributed by atoms with Crippen LogP contribution in [0.5, 0.6) is 5.75 Å². The zero-order valence-electron chi connectivity index (χ0n) is 17.3. The first kappa shape index (κ1) is 24.0. The molecule has 0 fully saturated rings. The molecule has 2 aliphatic heterocycles. The van der Waals surface area contributed by atoms with Crippen LogP contribution in [0.2, 0.25) is 5.02 Å². The average molecular weight is 477 g/mol. The molecular formula is C23H23ClF2N4OS. The van der Waals surface area contributed by atoms with Gasteiger partial charge in [-0.15, -0.1) is 0 Å². The van der Waals surface area contributed by atoms with E-state index in [1.165, 1.54) is 6.08 Å². The van der Waals surface area contributed by atoms with Crippen molar-refractivity contribution in [2.24, 2.45) is 11.5 Å². The largest absolute Gasteiger partial charge is 0.492 e. The molecule has 2 heterocycles. The van der Waals surface area contributed by atoms with Crippen molar-refractivity contribution in [1.82, 2.24) is 10.0 Å². The monoisotopic (exact) mass is 476 g/mol. The summed E-state index contributed by atoms with van der Waals surface area (Å²) in [6.45, 7) is 2.45. The van der Waals surface area contributed by atoms with E-state index in [0.29, 0.717) is 27.8 Å². The molecule has 32 heavy (non-hydrogen) atoms. The topological polar surface area (TPSA) is 85.3 Å². The first-order chi connectivity index (χ1) is 15.4. The van der Waals surface area contributed by atoms with E-state index in [1.54, 1.807) is 25.3 Å². The van der Waals surface area contributed by atoms with Crippen LogP contribution < -0.4 is 26.2 Å². The molecule has 1 aromatic carbocycles. The molecule has 0 saturated heterocycles. The van der Waals surface area contributed by atoms with Gasteiger partial charge >= 0.3 is 0 Å². The molecule has 0 aromatic heterocycles. The molecule has 2 aliphatic rings. The highest BCUT2D eigenvalue weighted by Crippen LogP contribution is 2.38. The number of hydrogen-bond donors (Lipinski definition) is 4. The summed E-state index contributed by atoms with van der Waals surface area (Å²) in [5, 5.41) is 3.47. The fourth-order valence-electron chi connectivity index (χ4n) is 3.00. The summed E-state index contributed by atoms with van der Waals surface area (Å²) in [4.78, 5) is 0.716. The summed E-state index contributed by atoms with van der Waals surface area (Å²) in [7, 11) is 0. The van der Waals surface area contributed by atoms with Crippen LogP contribution in [0.4, 0.5) is 8.78 Å². The highest BCUT2D eigenvalue weighted by molar-refractivity contribution is 7.97. The Bertz CT molecular complexity index is 1100. The second kappa shape index (κ2) is 11.2. The van der Waals surface area contributed by atoms with Gasteiger partial charge in [-0.2, -0.15) is 0 Å². The summed E-state index contributed by atoms with van der Waals surface area (Å²) in [6.07, 6.45) is 7.30. The molecule has 0 amide bonds. The Morgan fingerprint density at radius 3 is 3.00 bits per heavy atom. The molecule has 168 valence electrons. The molecule has 0 radical (unpaired) electrons. The molecule has 6 N–H and O–H groups in total. The summed E-state index contributed by atoms with van der Waals surface area (Å²) in [5.41, 5.74) is 13.4. The fraction of sp³-hybridized carbons (Fsp3) is 0.217. The van der Waals surface area contributed by atoms with Gasteiger partial charge in [0.25, 0.3) is 0 Å². The molecule has 3 rings (SSSR count). The summed E-state index contributed by atoms with van der Waals surface area (Å²) in [6, 6.07) is 3.57. The minimum absolute atomic E-state index is 0.245. The lowest BCUT2D eigenvalue weighted by Crippen LogP contribution is -2.40. The minimum Gasteiger partial charge on any atom is -0.492 e. The molecule has 0 aliphatic carbocycles. The standard InChI is InChI=1S/C23H23ClF2N4OS/c1-2-3-19(25)18(5-4-14-8-16(11-27)23(28)29-12-14)20(26)13-30-32-21-10-17(24)9-15-6-7-31-22(15)21/h2-3,8-10,12-13,23,29-30H,6-7,11,27-28H2,1H3/b3-2-,19-18+,20-13-. The van der Waals surface area contributed by atoms with Gasteiger partial charge in [-0.05, 0) is 48.7 Å². The molecule has 9 heteroatoms. The predicted molar refractivity (Wildman–Crippen MR) is 126 cm³/mol. The van der Waals surface area contributed by atoms with Crippen molar-refractivity contribution in [2.45, 2.75) is 24.4 Å². The van der Waals surface area contributed by atoms with Crippen molar-refractivity contribution in [1.29, 1.82) is 0 Å². The average Bonchev–Trinajstić information content (AvgIpc) is 3.23. The predicted octanol–water partition coefficient (Wildman–Crippen LogP) is 4.14. The second-order valence-corrected chi connectivity index (χ2v) is 8.16. The van der Waals surface area contributed by atoms with E-state index in [9.17, 15) is 8.78 Å². The van der Waals surface area contributed by atoms with Gasteiger partial charge in [0.1, 0.15) is 11.6 Å². The number of nitrogens with one attached hydrogen (secondary N) is 2. The molecule has 1 unspecified atom stereocenters. The number of nitrogens with two attached hydrogens (primary N) is 2. The van der Waals surface area contributed by atoms with Crippen LogP contribution in [0.15, 0.2) is 76.0 Å². The number of ether oxygens (including phenoxy) is 1. The lowest BCUT2D eigenvalue weighted by Gasteiger charge is -2.19. The fourth-order valence-corrected chi connectivity index (χ4v) is 4.07. The van der Waals surface area contributed by atoms with Crippen molar-refractivity contribution in [2.75, 3.05) is 13.2 Å².